The van der Waals surface area contributed by atoms with Crippen molar-refractivity contribution in [2.24, 2.45) is 0 Å². The van der Waals surface area contributed by atoms with Crippen molar-refractivity contribution in [3.8, 4) is 0 Å². The van der Waals surface area contributed by atoms with Crippen LogP contribution in [0.4, 0.5) is 11.6 Å². The Morgan fingerprint density at radius 2 is 1.87 bits per heavy atom. The molecule has 0 atom stereocenters. The van der Waals surface area contributed by atoms with Crippen molar-refractivity contribution in [2.75, 3.05) is 49.2 Å². The van der Waals surface area contributed by atoms with Crippen molar-refractivity contribution in [1.82, 2.24) is 15.0 Å². The van der Waals surface area contributed by atoms with Gasteiger partial charge >= 0.3 is 0 Å². The Balaban J connectivity index is 1.76. The van der Waals surface area contributed by atoms with Gasteiger partial charge in [-0.1, -0.05) is 0 Å². The average molecular weight is 444 g/mol. The highest BCUT2D eigenvalue weighted by Crippen LogP contribution is 2.44. The third-order valence-corrected chi connectivity index (χ3v) is 7.30. The predicted octanol–water partition coefficient (Wildman–Crippen LogP) is 2.48. The van der Waals surface area contributed by atoms with Crippen molar-refractivity contribution < 1.29 is 14.9 Å². The molecule has 5 heterocycles. The van der Waals surface area contributed by atoms with Gasteiger partial charge in [-0.25, -0.2) is 15.0 Å². The van der Waals surface area contributed by atoms with Crippen molar-refractivity contribution in [3.05, 3.63) is 17.5 Å². The van der Waals surface area contributed by atoms with Gasteiger partial charge in [-0.05, 0) is 32.3 Å². The van der Waals surface area contributed by atoms with E-state index in [2.05, 4.69) is 28.7 Å². The van der Waals surface area contributed by atoms with E-state index in [0.29, 0.717) is 19.7 Å². The second-order valence-corrected chi connectivity index (χ2v) is 9.90. The summed E-state index contributed by atoms with van der Waals surface area (Å²) in [6.45, 7) is 7.71. The Labute approximate surface area is 185 Å². The standard InChI is InChI=1S/C22H29N5O3S/c1-22(2)11-14-15(12-30-22)19(26-5-3-4-6-26)25-21-16(14)17-18(31-21)20(24-13-23-17)27(7-9-28)8-10-29/h13,28-29H,3-12H2,1-2H3. The van der Waals surface area contributed by atoms with E-state index in [1.807, 2.05) is 4.90 Å². The van der Waals surface area contributed by atoms with Crippen LogP contribution in [-0.4, -0.2) is 70.2 Å². The molecule has 3 aromatic heterocycles. The van der Waals surface area contributed by atoms with Crippen molar-refractivity contribution in [3.63, 3.8) is 0 Å². The molecule has 1 saturated heterocycles. The molecule has 0 aliphatic carbocycles. The van der Waals surface area contributed by atoms with Crippen molar-refractivity contribution in [1.29, 1.82) is 0 Å². The Hall–Kier alpha value is -2.07. The number of anilines is 2. The van der Waals surface area contributed by atoms with Crippen LogP contribution in [0.15, 0.2) is 6.33 Å². The predicted molar refractivity (Wildman–Crippen MR) is 123 cm³/mol. The first-order valence-electron chi connectivity index (χ1n) is 11.0. The molecule has 0 saturated carbocycles. The fraction of sp³-hybridized carbons (Fsp3) is 0.591. The van der Waals surface area contributed by atoms with Crippen molar-refractivity contribution >= 4 is 43.4 Å². The summed E-state index contributed by atoms with van der Waals surface area (Å²) in [4.78, 5) is 19.6. The SMILES string of the molecule is CC1(C)Cc2c(c(N3CCCC3)nc3sc4c(N(CCO)CCO)ncnc4c23)CO1. The molecule has 0 spiro atoms. The second kappa shape index (κ2) is 8.12. The molecule has 0 unspecified atom stereocenters. The lowest BCUT2D eigenvalue weighted by Gasteiger charge is -2.34. The van der Waals surface area contributed by atoms with Crippen LogP contribution < -0.4 is 9.80 Å². The molecule has 31 heavy (non-hydrogen) atoms. The molecule has 9 heteroatoms. The van der Waals surface area contributed by atoms with Crippen LogP contribution in [0.1, 0.15) is 37.8 Å². The maximum Gasteiger partial charge on any atom is 0.150 e. The summed E-state index contributed by atoms with van der Waals surface area (Å²) in [5, 5.41) is 20.1. The van der Waals surface area contributed by atoms with Gasteiger partial charge in [0, 0.05) is 43.5 Å². The average Bonchev–Trinajstić information content (AvgIpc) is 3.40. The Kier molecular flexibility index (Phi) is 5.45. The molecular weight excluding hydrogens is 414 g/mol. The van der Waals surface area contributed by atoms with E-state index < -0.39 is 0 Å². The largest absolute Gasteiger partial charge is 0.395 e. The molecule has 0 bridgehead atoms. The second-order valence-electron chi connectivity index (χ2n) is 8.90. The zero-order valence-electron chi connectivity index (χ0n) is 18.1. The number of thiophene rings is 1. The van der Waals surface area contributed by atoms with E-state index in [0.717, 1.165) is 51.6 Å². The molecule has 0 radical (unpaired) electrons. The number of pyridine rings is 1. The van der Waals surface area contributed by atoms with E-state index in [9.17, 15) is 10.2 Å². The first kappa shape index (κ1) is 20.8. The fourth-order valence-electron chi connectivity index (χ4n) is 4.76. The number of fused-ring (bicyclic) bond motifs is 5. The maximum atomic E-state index is 9.51. The first-order chi connectivity index (χ1) is 15.0. The third-order valence-electron chi connectivity index (χ3n) is 6.23. The van der Waals surface area contributed by atoms with Gasteiger partial charge in [-0.2, -0.15) is 0 Å². The quantitative estimate of drug-likeness (QED) is 0.600. The van der Waals surface area contributed by atoms with Crippen LogP contribution in [0.2, 0.25) is 0 Å². The smallest absolute Gasteiger partial charge is 0.150 e. The molecule has 0 amide bonds. The number of ether oxygens (including phenoxy) is 1. The molecule has 2 aliphatic heterocycles. The molecule has 2 N–H and O–H groups in total. The molecular formula is C22H29N5O3S. The fourth-order valence-corrected chi connectivity index (χ4v) is 5.93. The lowest BCUT2D eigenvalue weighted by molar-refractivity contribution is -0.0395. The minimum Gasteiger partial charge on any atom is -0.395 e. The van der Waals surface area contributed by atoms with Crippen molar-refractivity contribution in [2.45, 2.75) is 45.3 Å². The van der Waals surface area contributed by atoms with Crippen LogP contribution in [-0.2, 0) is 17.8 Å². The molecule has 1 fully saturated rings. The minimum atomic E-state index is -0.243. The minimum absolute atomic E-state index is 0.00528. The van der Waals surface area contributed by atoms with Gasteiger partial charge in [0.1, 0.15) is 22.8 Å². The number of nitrogens with zero attached hydrogens (tertiary/aromatic N) is 5. The lowest BCUT2D eigenvalue weighted by atomic mass is 9.90. The molecule has 166 valence electrons. The highest BCUT2D eigenvalue weighted by molar-refractivity contribution is 7.26. The number of aliphatic hydroxyl groups excluding tert-OH is 2. The van der Waals surface area contributed by atoms with E-state index in [4.69, 9.17) is 9.72 Å². The maximum absolute atomic E-state index is 9.51. The highest BCUT2D eigenvalue weighted by atomic mass is 32.1. The summed E-state index contributed by atoms with van der Waals surface area (Å²) < 4.78 is 7.15. The Bertz CT molecular complexity index is 1100. The third kappa shape index (κ3) is 3.63. The summed E-state index contributed by atoms with van der Waals surface area (Å²) in [6, 6.07) is 0. The lowest BCUT2D eigenvalue weighted by Crippen LogP contribution is -2.33. The van der Waals surface area contributed by atoms with Gasteiger partial charge in [0.15, 0.2) is 0 Å². The topological polar surface area (TPSA) is 94.8 Å². The zero-order valence-corrected chi connectivity index (χ0v) is 18.9. The van der Waals surface area contributed by atoms with Gasteiger partial charge in [0.25, 0.3) is 0 Å². The normalized spacial score (nSPS) is 18.1. The van der Waals surface area contributed by atoms with E-state index >= 15 is 0 Å². The molecule has 8 nitrogen and oxygen atoms in total. The van der Waals surface area contributed by atoms with E-state index in [-0.39, 0.29) is 18.8 Å². The summed E-state index contributed by atoms with van der Waals surface area (Å²) in [5.74, 6) is 1.80. The summed E-state index contributed by atoms with van der Waals surface area (Å²) in [6.07, 6.45) is 4.78. The van der Waals surface area contributed by atoms with Gasteiger partial charge in [-0.15, -0.1) is 11.3 Å². The number of hydrogen-bond acceptors (Lipinski definition) is 9. The molecule has 2 aliphatic rings. The van der Waals surface area contributed by atoms with Crippen LogP contribution in [0.3, 0.4) is 0 Å². The van der Waals surface area contributed by atoms with Crippen LogP contribution in [0.5, 0.6) is 0 Å². The number of aromatic nitrogens is 3. The van der Waals surface area contributed by atoms with E-state index in [1.54, 1.807) is 17.7 Å². The van der Waals surface area contributed by atoms with Gasteiger partial charge < -0.3 is 24.7 Å². The Morgan fingerprint density at radius 3 is 2.58 bits per heavy atom. The Morgan fingerprint density at radius 1 is 1.13 bits per heavy atom. The first-order valence-corrected chi connectivity index (χ1v) is 11.8. The van der Waals surface area contributed by atoms with Crippen LogP contribution >= 0.6 is 11.3 Å². The van der Waals surface area contributed by atoms with E-state index in [1.165, 1.54) is 24.0 Å². The zero-order chi connectivity index (χ0) is 21.6. The summed E-state index contributed by atoms with van der Waals surface area (Å²) >= 11 is 1.61. The summed E-state index contributed by atoms with van der Waals surface area (Å²) in [5.41, 5.74) is 3.14. The molecule has 0 aromatic carbocycles. The van der Waals surface area contributed by atoms with Gasteiger partial charge in [0.2, 0.25) is 0 Å². The number of aliphatic hydroxyl groups is 2. The summed E-state index contributed by atoms with van der Waals surface area (Å²) in [7, 11) is 0. The van der Waals surface area contributed by atoms with Crippen LogP contribution in [0.25, 0.3) is 20.4 Å². The molecule has 5 rings (SSSR count). The molecule has 3 aromatic rings. The monoisotopic (exact) mass is 443 g/mol. The highest BCUT2D eigenvalue weighted by Gasteiger charge is 2.33. The van der Waals surface area contributed by atoms with Gasteiger partial charge in [-0.3, -0.25) is 0 Å². The number of rotatable bonds is 6. The van der Waals surface area contributed by atoms with Gasteiger partial charge in [0.05, 0.1) is 35.6 Å². The number of hydrogen-bond donors (Lipinski definition) is 2. The van der Waals surface area contributed by atoms with Crippen LogP contribution in [0, 0.1) is 0 Å².